The zero-order valence-electron chi connectivity index (χ0n) is 14.7. The molecule has 0 radical (unpaired) electrons. The molecule has 29 heavy (non-hydrogen) atoms. The minimum absolute atomic E-state index is 0.289. The summed E-state index contributed by atoms with van der Waals surface area (Å²) >= 11 is 0.839. The van der Waals surface area contributed by atoms with E-state index in [1.54, 1.807) is 29.6 Å². The molecule has 6 nitrogen and oxygen atoms in total. The van der Waals surface area contributed by atoms with Gasteiger partial charge in [-0.15, -0.1) is 0 Å². The van der Waals surface area contributed by atoms with E-state index < -0.39 is 35.1 Å². The van der Waals surface area contributed by atoms with Gasteiger partial charge in [0.2, 0.25) is 0 Å². The van der Waals surface area contributed by atoms with Crippen LogP contribution in [0.3, 0.4) is 0 Å². The molecule has 3 aromatic rings. The maximum absolute atomic E-state index is 14.0. The molecule has 11 heteroatoms. The highest BCUT2D eigenvalue weighted by Crippen LogP contribution is 2.36. The molecule has 1 heterocycles. The summed E-state index contributed by atoms with van der Waals surface area (Å²) in [6, 6.07) is 10.9. The van der Waals surface area contributed by atoms with Gasteiger partial charge in [0.25, 0.3) is 5.91 Å². The van der Waals surface area contributed by atoms with Crippen LogP contribution in [0.2, 0.25) is 0 Å². The number of aromatic nitrogens is 1. The van der Waals surface area contributed by atoms with Crippen LogP contribution in [0.4, 0.5) is 22.7 Å². The van der Waals surface area contributed by atoms with Crippen LogP contribution in [0.5, 0.6) is 0 Å². The maximum Gasteiger partial charge on any atom is 0.442 e. The number of hydrogen-bond donors (Lipinski definition) is 2. The molecular formula is C18H13F4N3O3S. The average Bonchev–Trinajstić information content (AvgIpc) is 3.08. The third-order valence-corrected chi connectivity index (χ3v) is 4.88. The molecule has 2 aromatic carbocycles. The predicted octanol–water partition coefficient (Wildman–Crippen LogP) is 3.71. The molecule has 0 saturated carbocycles. The Morgan fingerprint density at radius 1 is 1.07 bits per heavy atom. The molecule has 0 aliphatic carbocycles. The van der Waals surface area contributed by atoms with Crippen molar-refractivity contribution in [1.82, 2.24) is 10.3 Å². The number of benzene rings is 2. The number of alkyl halides is 3. The van der Waals surface area contributed by atoms with E-state index in [0.29, 0.717) is 10.2 Å². The molecule has 0 saturated heterocycles. The highest BCUT2D eigenvalue weighted by Gasteiger charge is 2.64. The van der Waals surface area contributed by atoms with E-state index in [4.69, 9.17) is 0 Å². The zero-order valence-corrected chi connectivity index (χ0v) is 15.5. The number of para-hydroxylation sites is 1. The van der Waals surface area contributed by atoms with Crippen LogP contribution >= 0.6 is 11.3 Å². The first-order valence-corrected chi connectivity index (χ1v) is 8.85. The smallest absolute Gasteiger partial charge is 0.442 e. The van der Waals surface area contributed by atoms with Gasteiger partial charge in [-0.1, -0.05) is 35.6 Å². The van der Waals surface area contributed by atoms with Gasteiger partial charge in [0.15, 0.2) is 5.13 Å². The van der Waals surface area contributed by atoms with Gasteiger partial charge in [0, 0.05) is 0 Å². The second kappa shape index (κ2) is 7.66. The maximum atomic E-state index is 14.0. The van der Waals surface area contributed by atoms with E-state index >= 15 is 0 Å². The summed E-state index contributed by atoms with van der Waals surface area (Å²) < 4.78 is 60.8. The lowest BCUT2D eigenvalue weighted by Crippen LogP contribution is -2.69. The number of carbonyl (C=O) groups is 2. The second-order valence-electron chi connectivity index (χ2n) is 5.79. The van der Waals surface area contributed by atoms with Crippen LogP contribution < -0.4 is 10.6 Å². The largest absolute Gasteiger partial charge is 0.466 e. The Labute approximate surface area is 165 Å². The molecule has 0 bridgehead atoms. The standard InChI is InChI=1S/C18H13F4N3O3S/c1-28-15(27)17(18(20,21)22,24-14(26)10-6-2-3-7-11(10)19)25-16-23-12-8-4-5-9-13(12)29-16/h2-9H,1H3,(H,23,25)(H,24,26)/t17-/m1/s1. The number of esters is 1. The number of fused-ring (bicyclic) bond motifs is 1. The number of hydrogen-bond acceptors (Lipinski definition) is 6. The normalized spacial score (nSPS) is 13.6. The average molecular weight is 427 g/mol. The SMILES string of the molecule is COC(=O)[C@@](NC(=O)c1ccccc1F)(Nc1nc2ccccc2s1)C(F)(F)F. The first-order valence-electron chi connectivity index (χ1n) is 8.04. The molecule has 0 unspecified atom stereocenters. The van der Waals surface area contributed by atoms with Gasteiger partial charge in [0.1, 0.15) is 5.82 Å². The van der Waals surface area contributed by atoms with Crippen LogP contribution in [-0.2, 0) is 9.53 Å². The van der Waals surface area contributed by atoms with Gasteiger partial charge in [-0.25, -0.2) is 14.2 Å². The summed E-state index contributed by atoms with van der Waals surface area (Å²) in [5.74, 6) is -4.35. The van der Waals surface area contributed by atoms with E-state index in [0.717, 1.165) is 30.6 Å². The summed E-state index contributed by atoms with van der Waals surface area (Å²) in [5, 5.41) is 3.21. The van der Waals surface area contributed by atoms with Gasteiger partial charge >= 0.3 is 17.8 Å². The summed E-state index contributed by atoms with van der Waals surface area (Å²) in [4.78, 5) is 28.6. The molecule has 0 fully saturated rings. The molecule has 0 spiro atoms. The molecule has 152 valence electrons. The van der Waals surface area contributed by atoms with Gasteiger partial charge in [0.05, 0.1) is 22.9 Å². The number of amides is 1. The van der Waals surface area contributed by atoms with Crippen molar-refractivity contribution in [3.8, 4) is 0 Å². The third-order valence-electron chi connectivity index (χ3n) is 3.92. The number of carbonyl (C=O) groups excluding carboxylic acids is 2. The summed E-state index contributed by atoms with van der Waals surface area (Å²) in [7, 11) is 0.734. The van der Waals surface area contributed by atoms with Crippen molar-refractivity contribution >= 4 is 38.6 Å². The van der Waals surface area contributed by atoms with Gasteiger partial charge in [-0.05, 0) is 24.3 Å². The molecule has 0 aliphatic heterocycles. The number of thiazole rings is 1. The number of ether oxygens (including phenoxy) is 1. The Hall–Kier alpha value is -3.21. The van der Waals surface area contributed by atoms with E-state index in [-0.39, 0.29) is 5.13 Å². The first-order chi connectivity index (χ1) is 13.7. The quantitative estimate of drug-likeness (QED) is 0.369. The van der Waals surface area contributed by atoms with Crippen LogP contribution in [0, 0.1) is 5.82 Å². The molecule has 0 aliphatic rings. The van der Waals surface area contributed by atoms with E-state index in [2.05, 4.69) is 9.72 Å². The van der Waals surface area contributed by atoms with Crippen molar-refractivity contribution in [1.29, 1.82) is 0 Å². The van der Waals surface area contributed by atoms with Crippen LogP contribution in [0.25, 0.3) is 10.2 Å². The highest BCUT2D eigenvalue weighted by atomic mass is 32.1. The van der Waals surface area contributed by atoms with E-state index in [1.165, 1.54) is 12.1 Å². The van der Waals surface area contributed by atoms with Crippen molar-refractivity contribution < 1.29 is 31.9 Å². The molecular weight excluding hydrogens is 414 g/mol. The number of nitrogens with one attached hydrogen (secondary N) is 2. The van der Waals surface area contributed by atoms with Crippen LogP contribution in [0.15, 0.2) is 48.5 Å². The number of halogens is 4. The van der Waals surface area contributed by atoms with Crippen molar-refractivity contribution in [2.24, 2.45) is 0 Å². The lowest BCUT2D eigenvalue weighted by molar-refractivity contribution is -0.203. The first kappa shape index (κ1) is 20.5. The zero-order chi connectivity index (χ0) is 21.2. The van der Waals surface area contributed by atoms with E-state index in [9.17, 15) is 27.2 Å². The minimum atomic E-state index is -5.35. The second-order valence-corrected chi connectivity index (χ2v) is 6.82. The molecule has 1 aromatic heterocycles. The van der Waals surface area contributed by atoms with Gasteiger partial charge in [-0.3, -0.25) is 4.79 Å². The van der Waals surface area contributed by atoms with Gasteiger partial charge in [-0.2, -0.15) is 13.2 Å². The fourth-order valence-electron chi connectivity index (χ4n) is 2.51. The Morgan fingerprint density at radius 3 is 2.34 bits per heavy atom. The highest BCUT2D eigenvalue weighted by molar-refractivity contribution is 7.22. The van der Waals surface area contributed by atoms with Crippen molar-refractivity contribution in [2.45, 2.75) is 11.8 Å². The lowest BCUT2D eigenvalue weighted by atomic mass is 10.1. The molecule has 1 amide bonds. The Balaban J connectivity index is 2.06. The van der Waals surface area contributed by atoms with Crippen molar-refractivity contribution in [3.05, 3.63) is 59.9 Å². The summed E-state index contributed by atoms with van der Waals surface area (Å²) in [6.45, 7) is 0. The number of rotatable bonds is 5. The summed E-state index contributed by atoms with van der Waals surface area (Å²) in [6.07, 6.45) is -5.35. The third kappa shape index (κ3) is 3.86. The minimum Gasteiger partial charge on any atom is -0.466 e. The van der Waals surface area contributed by atoms with Crippen molar-refractivity contribution in [2.75, 3.05) is 12.4 Å². The number of methoxy groups -OCH3 is 1. The fourth-order valence-corrected chi connectivity index (χ4v) is 3.43. The monoisotopic (exact) mass is 427 g/mol. The number of nitrogens with zero attached hydrogens (tertiary/aromatic N) is 1. The van der Waals surface area contributed by atoms with Crippen LogP contribution in [-0.4, -0.2) is 35.8 Å². The van der Waals surface area contributed by atoms with E-state index in [1.807, 2.05) is 5.32 Å². The fraction of sp³-hybridized carbons (Fsp3) is 0.167. The Morgan fingerprint density at radius 2 is 1.72 bits per heavy atom. The van der Waals surface area contributed by atoms with Crippen molar-refractivity contribution in [3.63, 3.8) is 0 Å². The van der Waals surface area contributed by atoms with Crippen LogP contribution in [0.1, 0.15) is 10.4 Å². The Kier molecular flexibility index (Phi) is 5.42. The molecule has 1 atom stereocenters. The lowest BCUT2D eigenvalue weighted by Gasteiger charge is -2.34. The summed E-state index contributed by atoms with van der Waals surface area (Å²) in [5.41, 5.74) is -3.97. The Bertz CT molecular complexity index is 1040. The molecule has 3 rings (SSSR count). The molecule has 2 N–H and O–H groups in total. The number of anilines is 1. The topological polar surface area (TPSA) is 80.3 Å². The van der Waals surface area contributed by atoms with Gasteiger partial charge < -0.3 is 15.4 Å². The predicted molar refractivity (Wildman–Crippen MR) is 97.9 cm³/mol.